The number of nitrogens with one attached hydrogen (secondary N) is 1. The van der Waals surface area contributed by atoms with Gasteiger partial charge in [0.2, 0.25) is 5.91 Å². The van der Waals surface area contributed by atoms with Crippen LogP contribution in [0, 0.1) is 0 Å². The highest BCUT2D eigenvalue weighted by Gasteiger charge is 2.31. The Balaban J connectivity index is 1.84. The van der Waals surface area contributed by atoms with Gasteiger partial charge in [0.15, 0.2) is 5.79 Å². The van der Waals surface area contributed by atoms with Gasteiger partial charge < -0.3 is 9.47 Å². The second-order valence-electron chi connectivity index (χ2n) is 4.68. The SMILES string of the molecule is CC1(CC(=O)N/N=C\c2ccccc2Cl)OCCCO1. The lowest BCUT2D eigenvalue weighted by Gasteiger charge is -2.33. The predicted octanol–water partition coefficient (Wildman–Crippen LogP) is 2.33. The molecule has 0 saturated carbocycles. The van der Waals surface area contributed by atoms with Crippen LogP contribution in [0.4, 0.5) is 0 Å². The van der Waals surface area contributed by atoms with Crippen LogP contribution in [0.15, 0.2) is 29.4 Å². The molecule has 1 aromatic carbocycles. The van der Waals surface area contributed by atoms with Crippen molar-refractivity contribution in [3.8, 4) is 0 Å². The molecule has 1 aromatic rings. The van der Waals surface area contributed by atoms with Crippen LogP contribution < -0.4 is 5.43 Å². The van der Waals surface area contributed by atoms with Crippen LogP contribution in [0.3, 0.4) is 0 Å². The molecule has 5 nitrogen and oxygen atoms in total. The summed E-state index contributed by atoms with van der Waals surface area (Å²) in [4.78, 5) is 11.8. The van der Waals surface area contributed by atoms with Gasteiger partial charge in [-0.05, 0) is 19.4 Å². The third kappa shape index (κ3) is 4.30. The van der Waals surface area contributed by atoms with Crippen molar-refractivity contribution < 1.29 is 14.3 Å². The minimum Gasteiger partial charge on any atom is -0.350 e. The lowest BCUT2D eigenvalue weighted by Crippen LogP contribution is -2.41. The highest BCUT2D eigenvalue weighted by molar-refractivity contribution is 6.33. The number of nitrogens with zero attached hydrogens (tertiary/aromatic N) is 1. The van der Waals surface area contributed by atoms with E-state index in [1.165, 1.54) is 6.21 Å². The number of hydrogen-bond acceptors (Lipinski definition) is 4. The summed E-state index contributed by atoms with van der Waals surface area (Å²) in [6.45, 7) is 2.96. The molecule has 1 N–H and O–H groups in total. The zero-order valence-electron chi connectivity index (χ0n) is 11.3. The first-order valence-electron chi connectivity index (χ1n) is 6.43. The number of rotatable bonds is 4. The van der Waals surface area contributed by atoms with E-state index in [2.05, 4.69) is 10.5 Å². The van der Waals surface area contributed by atoms with Crippen LogP contribution in [0.5, 0.6) is 0 Å². The zero-order chi connectivity index (χ0) is 14.4. The molecule has 6 heteroatoms. The van der Waals surface area contributed by atoms with E-state index in [0.29, 0.717) is 18.2 Å². The summed E-state index contributed by atoms with van der Waals surface area (Å²) in [5.74, 6) is -1.12. The number of carbonyl (C=O) groups is 1. The van der Waals surface area contributed by atoms with Crippen molar-refractivity contribution >= 4 is 23.7 Å². The topological polar surface area (TPSA) is 59.9 Å². The maximum Gasteiger partial charge on any atom is 0.245 e. The van der Waals surface area contributed by atoms with E-state index in [4.69, 9.17) is 21.1 Å². The normalized spacial score (nSPS) is 18.1. The Labute approximate surface area is 122 Å². The maximum atomic E-state index is 11.8. The predicted molar refractivity (Wildman–Crippen MR) is 76.7 cm³/mol. The summed E-state index contributed by atoms with van der Waals surface area (Å²) in [6, 6.07) is 7.25. The van der Waals surface area contributed by atoms with Gasteiger partial charge in [0.1, 0.15) is 0 Å². The number of hydrogen-bond donors (Lipinski definition) is 1. The average molecular weight is 297 g/mol. The van der Waals surface area contributed by atoms with Gasteiger partial charge >= 0.3 is 0 Å². The highest BCUT2D eigenvalue weighted by Crippen LogP contribution is 2.21. The molecule has 1 aliphatic rings. The van der Waals surface area contributed by atoms with Gasteiger partial charge in [0, 0.05) is 10.6 Å². The first-order chi connectivity index (χ1) is 9.59. The maximum absolute atomic E-state index is 11.8. The first-order valence-corrected chi connectivity index (χ1v) is 6.81. The van der Waals surface area contributed by atoms with Crippen molar-refractivity contribution in [2.24, 2.45) is 5.10 Å². The second-order valence-corrected chi connectivity index (χ2v) is 5.08. The number of hydrazone groups is 1. The summed E-state index contributed by atoms with van der Waals surface area (Å²) in [5, 5.41) is 4.46. The lowest BCUT2D eigenvalue weighted by molar-refractivity contribution is -0.256. The van der Waals surface area contributed by atoms with Gasteiger partial charge in [-0.3, -0.25) is 4.79 Å². The van der Waals surface area contributed by atoms with Crippen molar-refractivity contribution in [1.82, 2.24) is 5.43 Å². The third-order valence-electron chi connectivity index (χ3n) is 2.88. The zero-order valence-corrected chi connectivity index (χ0v) is 12.0. The van der Waals surface area contributed by atoms with Crippen LogP contribution in [-0.2, 0) is 14.3 Å². The quantitative estimate of drug-likeness (QED) is 0.685. The summed E-state index contributed by atoms with van der Waals surface area (Å²) in [7, 11) is 0. The molecule has 0 aliphatic carbocycles. The Bertz CT molecular complexity index is 499. The number of amides is 1. The molecule has 20 heavy (non-hydrogen) atoms. The summed E-state index contributed by atoms with van der Waals surface area (Å²) in [5.41, 5.74) is 3.18. The first kappa shape index (κ1) is 15.0. The van der Waals surface area contributed by atoms with Crippen LogP contribution in [-0.4, -0.2) is 31.1 Å². The van der Waals surface area contributed by atoms with Crippen LogP contribution in [0.25, 0.3) is 0 Å². The lowest BCUT2D eigenvalue weighted by atomic mass is 10.2. The molecule has 0 radical (unpaired) electrons. The Hall–Kier alpha value is -1.43. The smallest absolute Gasteiger partial charge is 0.245 e. The minimum absolute atomic E-state index is 0.104. The second kappa shape index (κ2) is 6.83. The van der Waals surface area contributed by atoms with E-state index in [0.717, 1.165) is 12.0 Å². The highest BCUT2D eigenvalue weighted by atomic mass is 35.5. The molecule has 1 heterocycles. The van der Waals surface area contributed by atoms with E-state index in [1.807, 2.05) is 18.2 Å². The van der Waals surface area contributed by atoms with Crippen LogP contribution in [0.2, 0.25) is 5.02 Å². The number of halogens is 1. The van der Waals surface area contributed by atoms with Gasteiger partial charge in [0.25, 0.3) is 0 Å². The molecule has 2 rings (SSSR count). The summed E-state index contributed by atoms with van der Waals surface area (Å²) >= 11 is 5.97. The largest absolute Gasteiger partial charge is 0.350 e. The van der Waals surface area contributed by atoms with E-state index in [9.17, 15) is 4.79 Å². The molecule has 1 aliphatic heterocycles. The van der Waals surface area contributed by atoms with E-state index in [-0.39, 0.29) is 12.3 Å². The number of carbonyl (C=O) groups excluding carboxylic acids is 1. The van der Waals surface area contributed by atoms with E-state index in [1.54, 1.807) is 13.0 Å². The molecule has 0 aromatic heterocycles. The molecule has 108 valence electrons. The van der Waals surface area contributed by atoms with E-state index < -0.39 is 5.79 Å². The van der Waals surface area contributed by atoms with E-state index >= 15 is 0 Å². The van der Waals surface area contributed by atoms with Crippen LogP contribution in [0.1, 0.15) is 25.3 Å². The fourth-order valence-electron chi connectivity index (χ4n) is 1.86. The van der Waals surface area contributed by atoms with Crippen molar-refractivity contribution in [3.05, 3.63) is 34.9 Å². The fourth-order valence-corrected chi connectivity index (χ4v) is 2.05. The summed E-state index contributed by atoms with van der Waals surface area (Å²) in [6.07, 6.45) is 2.46. The Morgan fingerprint density at radius 1 is 1.45 bits per heavy atom. The van der Waals surface area contributed by atoms with Crippen molar-refractivity contribution in [2.45, 2.75) is 25.6 Å². The minimum atomic E-state index is -0.859. The molecule has 0 atom stereocenters. The Morgan fingerprint density at radius 2 is 2.15 bits per heavy atom. The number of ether oxygens (including phenoxy) is 2. The molecular formula is C14H17ClN2O3. The molecule has 1 fully saturated rings. The van der Waals surface area contributed by atoms with Gasteiger partial charge in [-0.15, -0.1) is 0 Å². The van der Waals surface area contributed by atoms with Crippen molar-refractivity contribution in [2.75, 3.05) is 13.2 Å². The molecular weight excluding hydrogens is 280 g/mol. The third-order valence-corrected chi connectivity index (χ3v) is 3.23. The Morgan fingerprint density at radius 3 is 2.85 bits per heavy atom. The van der Waals surface area contributed by atoms with Crippen molar-refractivity contribution in [3.63, 3.8) is 0 Å². The molecule has 1 saturated heterocycles. The van der Waals surface area contributed by atoms with Gasteiger partial charge in [-0.2, -0.15) is 5.10 Å². The monoisotopic (exact) mass is 296 g/mol. The average Bonchev–Trinajstić information content (AvgIpc) is 2.41. The van der Waals surface area contributed by atoms with Crippen molar-refractivity contribution in [1.29, 1.82) is 0 Å². The fraction of sp³-hybridized carbons (Fsp3) is 0.429. The van der Waals surface area contributed by atoms with Gasteiger partial charge in [0.05, 0.1) is 25.8 Å². The molecule has 0 bridgehead atoms. The molecule has 0 unspecified atom stereocenters. The Kier molecular flexibility index (Phi) is 5.11. The standard InChI is InChI=1S/C14H17ClN2O3/c1-14(19-7-4-8-20-14)9-13(18)17-16-10-11-5-2-3-6-12(11)15/h2-3,5-6,10H,4,7-9H2,1H3,(H,17,18)/b16-10-. The van der Waals surface area contributed by atoms with Crippen LogP contribution >= 0.6 is 11.6 Å². The van der Waals surface area contributed by atoms with Gasteiger partial charge in [-0.1, -0.05) is 29.8 Å². The number of benzene rings is 1. The van der Waals surface area contributed by atoms with Gasteiger partial charge in [-0.25, -0.2) is 5.43 Å². The molecule has 1 amide bonds. The summed E-state index contributed by atoms with van der Waals surface area (Å²) < 4.78 is 10.9. The molecule has 0 spiro atoms.